The minimum absolute atomic E-state index is 0.541. The Morgan fingerprint density at radius 2 is 2.36 bits per heavy atom. The summed E-state index contributed by atoms with van der Waals surface area (Å²) in [6.07, 6.45) is 3.09. The van der Waals surface area contributed by atoms with Gasteiger partial charge in [0.05, 0.1) is 19.0 Å². The van der Waals surface area contributed by atoms with Crippen molar-refractivity contribution in [2.75, 3.05) is 6.61 Å². The van der Waals surface area contributed by atoms with Crippen LogP contribution in [0.25, 0.3) is 0 Å². The van der Waals surface area contributed by atoms with Crippen LogP contribution in [0.1, 0.15) is 20.8 Å². The van der Waals surface area contributed by atoms with E-state index in [0.29, 0.717) is 12.4 Å². The molecule has 0 saturated carbocycles. The quantitative estimate of drug-likeness (QED) is 0.786. The van der Waals surface area contributed by atoms with Crippen LogP contribution in [0.4, 0.5) is 0 Å². The minimum Gasteiger partial charge on any atom is -0.491 e. The van der Waals surface area contributed by atoms with E-state index in [9.17, 15) is 4.79 Å². The van der Waals surface area contributed by atoms with E-state index in [4.69, 9.17) is 9.84 Å². The Hall–Kier alpha value is -1.52. The van der Waals surface area contributed by atoms with Gasteiger partial charge >= 0.3 is 5.97 Å². The van der Waals surface area contributed by atoms with Crippen LogP contribution in [0.3, 0.4) is 0 Å². The zero-order chi connectivity index (χ0) is 10.8. The first-order chi connectivity index (χ1) is 6.48. The van der Waals surface area contributed by atoms with E-state index in [2.05, 4.69) is 5.10 Å². The van der Waals surface area contributed by atoms with Crippen molar-refractivity contribution in [2.45, 2.75) is 26.3 Å². The summed E-state index contributed by atoms with van der Waals surface area (Å²) >= 11 is 0. The van der Waals surface area contributed by atoms with Gasteiger partial charge in [0.15, 0.2) is 11.3 Å². The molecular weight excluding hydrogens is 184 g/mol. The average Bonchev–Trinajstić information content (AvgIpc) is 2.53. The van der Waals surface area contributed by atoms with E-state index < -0.39 is 11.5 Å². The van der Waals surface area contributed by atoms with Crippen LogP contribution in [-0.2, 0) is 10.3 Å². The molecule has 0 unspecified atom stereocenters. The van der Waals surface area contributed by atoms with E-state index in [1.54, 1.807) is 20.0 Å². The maximum atomic E-state index is 10.9. The lowest BCUT2D eigenvalue weighted by molar-refractivity contribution is -0.146. The number of carboxylic acid groups (broad SMARTS) is 1. The third kappa shape index (κ3) is 1.86. The fourth-order valence-corrected chi connectivity index (χ4v) is 0.951. The number of carboxylic acids is 1. The maximum absolute atomic E-state index is 10.9. The molecule has 14 heavy (non-hydrogen) atoms. The van der Waals surface area contributed by atoms with Crippen LogP contribution in [-0.4, -0.2) is 27.5 Å². The highest BCUT2D eigenvalue weighted by Gasteiger charge is 2.30. The van der Waals surface area contributed by atoms with Gasteiger partial charge in [-0.3, -0.25) is 4.68 Å². The number of nitrogens with zero attached hydrogens (tertiary/aromatic N) is 2. The summed E-state index contributed by atoms with van der Waals surface area (Å²) in [6, 6.07) is 0. The molecule has 5 nitrogen and oxygen atoms in total. The van der Waals surface area contributed by atoms with Gasteiger partial charge in [0.1, 0.15) is 0 Å². The van der Waals surface area contributed by atoms with Crippen molar-refractivity contribution in [3.8, 4) is 5.75 Å². The van der Waals surface area contributed by atoms with E-state index >= 15 is 0 Å². The highest BCUT2D eigenvalue weighted by Crippen LogP contribution is 2.18. The maximum Gasteiger partial charge on any atom is 0.331 e. The van der Waals surface area contributed by atoms with Crippen LogP contribution >= 0.6 is 0 Å². The Kier molecular flexibility index (Phi) is 2.78. The van der Waals surface area contributed by atoms with Gasteiger partial charge in [0.2, 0.25) is 0 Å². The molecule has 1 heterocycles. The number of carbonyl (C=O) groups is 1. The van der Waals surface area contributed by atoms with Crippen molar-refractivity contribution in [1.29, 1.82) is 0 Å². The molecule has 5 heteroatoms. The first-order valence-electron chi connectivity index (χ1n) is 4.39. The molecule has 0 fully saturated rings. The Morgan fingerprint density at radius 1 is 1.71 bits per heavy atom. The van der Waals surface area contributed by atoms with Crippen molar-refractivity contribution in [2.24, 2.45) is 0 Å². The van der Waals surface area contributed by atoms with Gasteiger partial charge in [-0.15, -0.1) is 0 Å². The molecule has 78 valence electrons. The summed E-state index contributed by atoms with van der Waals surface area (Å²) < 4.78 is 6.56. The lowest BCUT2D eigenvalue weighted by Gasteiger charge is -2.19. The molecule has 0 aliphatic carbocycles. The Bertz CT molecular complexity index is 331. The highest BCUT2D eigenvalue weighted by atomic mass is 16.5. The van der Waals surface area contributed by atoms with Crippen molar-refractivity contribution in [3.63, 3.8) is 0 Å². The van der Waals surface area contributed by atoms with Crippen LogP contribution in [0.5, 0.6) is 5.75 Å². The molecule has 0 saturated heterocycles. The first kappa shape index (κ1) is 10.6. The van der Waals surface area contributed by atoms with Gasteiger partial charge < -0.3 is 9.84 Å². The molecular formula is C9H14N2O3. The fourth-order valence-electron chi connectivity index (χ4n) is 0.951. The number of ether oxygens (including phenoxy) is 1. The zero-order valence-electron chi connectivity index (χ0n) is 8.52. The molecule has 0 bridgehead atoms. The summed E-state index contributed by atoms with van der Waals surface area (Å²) in [5.41, 5.74) is -1.05. The first-order valence-corrected chi connectivity index (χ1v) is 4.39. The van der Waals surface area contributed by atoms with Crippen molar-refractivity contribution >= 4 is 5.97 Å². The van der Waals surface area contributed by atoms with Gasteiger partial charge in [-0.1, -0.05) is 0 Å². The highest BCUT2D eigenvalue weighted by molar-refractivity contribution is 5.75. The number of rotatable bonds is 4. The lowest BCUT2D eigenvalue weighted by atomic mass is 10.1. The Morgan fingerprint density at radius 3 is 2.86 bits per heavy atom. The predicted molar refractivity (Wildman–Crippen MR) is 50.4 cm³/mol. The summed E-state index contributed by atoms with van der Waals surface area (Å²) in [5.74, 6) is -0.342. The third-order valence-corrected chi connectivity index (χ3v) is 1.97. The van der Waals surface area contributed by atoms with Crippen LogP contribution in [0.2, 0.25) is 0 Å². The van der Waals surface area contributed by atoms with Gasteiger partial charge in [0.25, 0.3) is 0 Å². The number of hydrogen-bond acceptors (Lipinski definition) is 3. The van der Waals surface area contributed by atoms with Gasteiger partial charge in [-0.25, -0.2) is 4.79 Å². The lowest BCUT2D eigenvalue weighted by Crippen LogP contribution is -2.35. The van der Waals surface area contributed by atoms with E-state index in [1.807, 2.05) is 6.92 Å². The summed E-state index contributed by atoms with van der Waals surface area (Å²) in [5, 5.41) is 12.9. The monoisotopic (exact) mass is 198 g/mol. The van der Waals surface area contributed by atoms with Gasteiger partial charge in [-0.2, -0.15) is 5.10 Å². The summed E-state index contributed by atoms with van der Waals surface area (Å²) in [4.78, 5) is 10.9. The van der Waals surface area contributed by atoms with Crippen molar-refractivity contribution in [3.05, 3.63) is 12.4 Å². The molecule has 1 aromatic heterocycles. The molecule has 0 amide bonds. The largest absolute Gasteiger partial charge is 0.491 e. The van der Waals surface area contributed by atoms with Gasteiger partial charge in [-0.05, 0) is 20.8 Å². The molecule has 1 aromatic rings. The molecule has 1 N–H and O–H groups in total. The second-order valence-corrected chi connectivity index (χ2v) is 3.42. The van der Waals surface area contributed by atoms with Crippen molar-refractivity contribution in [1.82, 2.24) is 9.78 Å². The Labute approximate surface area is 82.3 Å². The molecule has 1 rings (SSSR count). The molecule has 0 aliphatic rings. The number of aliphatic carboxylic acids is 1. The fraction of sp³-hybridized carbons (Fsp3) is 0.556. The zero-order valence-corrected chi connectivity index (χ0v) is 8.52. The number of aromatic nitrogens is 2. The SMILES string of the molecule is CCOc1cnn(C(C)(C)C(=O)O)c1. The Balaban J connectivity index is 2.91. The minimum atomic E-state index is -1.05. The van der Waals surface area contributed by atoms with E-state index in [0.717, 1.165) is 0 Å². The van der Waals surface area contributed by atoms with Gasteiger partial charge in [0, 0.05) is 0 Å². The van der Waals surface area contributed by atoms with Crippen LogP contribution in [0, 0.1) is 0 Å². The standard InChI is InChI=1S/C9H14N2O3/c1-4-14-7-5-10-11(6-7)9(2,3)8(12)13/h5-6H,4H2,1-3H3,(H,12,13). The molecule has 0 radical (unpaired) electrons. The smallest absolute Gasteiger partial charge is 0.331 e. The predicted octanol–water partition coefficient (Wildman–Crippen LogP) is 1.10. The molecule has 0 atom stereocenters. The topological polar surface area (TPSA) is 64.4 Å². The average molecular weight is 198 g/mol. The van der Waals surface area contributed by atoms with E-state index in [1.165, 1.54) is 10.9 Å². The third-order valence-electron chi connectivity index (χ3n) is 1.97. The molecule has 0 aliphatic heterocycles. The summed E-state index contributed by atoms with van der Waals surface area (Å²) in [7, 11) is 0. The normalized spacial score (nSPS) is 11.4. The second kappa shape index (κ2) is 3.69. The van der Waals surface area contributed by atoms with Crippen LogP contribution < -0.4 is 4.74 Å². The number of hydrogen-bond donors (Lipinski definition) is 1. The van der Waals surface area contributed by atoms with E-state index in [-0.39, 0.29) is 0 Å². The van der Waals surface area contributed by atoms with Crippen LogP contribution in [0.15, 0.2) is 12.4 Å². The summed E-state index contributed by atoms with van der Waals surface area (Å²) in [6.45, 7) is 5.56. The van der Waals surface area contributed by atoms with Crippen molar-refractivity contribution < 1.29 is 14.6 Å². The second-order valence-electron chi connectivity index (χ2n) is 3.42. The molecule has 0 spiro atoms. The molecule has 0 aromatic carbocycles.